The van der Waals surface area contributed by atoms with Crippen LogP contribution in [-0.4, -0.2) is 28.0 Å². The normalized spacial score (nSPS) is 13.9. The largest absolute Gasteiger partial charge is 0.486 e. The van der Waals surface area contributed by atoms with Crippen LogP contribution < -0.4 is 4.74 Å². The first kappa shape index (κ1) is 19.0. The van der Waals surface area contributed by atoms with Crippen LogP contribution >= 0.6 is 11.6 Å². The summed E-state index contributed by atoms with van der Waals surface area (Å²) >= 11 is 6.03. The van der Waals surface area contributed by atoms with Gasteiger partial charge in [0.05, 0.1) is 5.69 Å². The number of halogens is 2. The number of hydrogen-bond acceptors (Lipinski definition) is 3. The maximum Gasteiger partial charge on any atom is 0.151 e. The van der Waals surface area contributed by atoms with Gasteiger partial charge in [0.2, 0.25) is 0 Å². The molecule has 0 amide bonds. The summed E-state index contributed by atoms with van der Waals surface area (Å²) in [7, 11) is 2.13. The summed E-state index contributed by atoms with van der Waals surface area (Å²) in [6.45, 7) is 2.19. The standard InChI is InChI=1S/C22H23ClFN3O/c1-26(12-16-2-3-16)13-19-14-27(20-8-4-17(23)5-9-20)22(25-19)15-28-21-10-6-18(24)7-11-21/h4-11,14,16H,2-3,12-13,15H2,1H3. The lowest BCUT2D eigenvalue weighted by molar-refractivity contribution is 0.291. The maximum absolute atomic E-state index is 13.1. The Morgan fingerprint density at radius 1 is 1.14 bits per heavy atom. The predicted molar refractivity (Wildman–Crippen MR) is 108 cm³/mol. The molecule has 4 rings (SSSR count). The Bertz CT molecular complexity index is 920. The van der Waals surface area contributed by atoms with E-state index in [-0.39, 0.29) is 5.82 Å². The number of aromatic nitrogens is 2. The van der Waals surface area contributed by atoms with Crippen LogP contribution in [0, 0.1) is 11.7 Å². The molecule has 1 aliphatic rings. The predicted octanol–water partition coefficient (Wildman–Crippen LogP) is 5.09. The van der Waals surface area contributed by atoms with Crippen LogP contribution in [-0.2, 0) is 13.2 Å². The number of ether oxygens (including phenoxy) is 1. The van der Waals surface area contributed by atoms with Crippen LogP contribution in [0.4, 0.5) is 4.39 Å². The summed E-state index contributed by atoms with van der Waals surface area (Å²) in [5.41, 5.74) is 1.97. The van der Waals surface area contributed by atoms with Gasteiger partial charge in [-0.3, -0.25) is 0 Å². The van der Waals surface area contributed by atoms with Gasteiger partial charge in [-0.05, 0) is 74.3 Å². The Morgan fingerprint density at radius 2 is 1.86 bits per heavy atom. The highest BCUT2D eigenvalue weighted by Gasteiger charge is 2.23. The van der Waals surface area contributed by atoms with E-state index in [0.29, 0.717) is 17.4 Å². The van der Waals surface area contributed by atoms with E-state index in [0.717, 1.165) is 36.2 Å². The molecule has 1 heterocycles. The molecule has 0 radical (unpaired) electrons. The summed E-state index contributed by atoms with van der Waals surface area (Å²) < 4.78 is 21.0. The Labute approximate surface area is 169 Å². The van der Waals surface area contributed by atoms with Crippen LogP contribution in [0.3, 0.4) is 0 Å². The van der Waals surface area contributed by atoms with Crippen molar-refractivity contribution in [2.75, 3.05) is 13.6 Å². The van der Waals surface area contributed by atoms with Gasteiger partial charge in [0.25, 0.3) is 0 Å². The van der Waals surface area contributed by atoms with Gasteiger partial charge in [0.1, 0.15) is 18.2 Å². The third kappa shape index (κ3) is 4.91. The van der Waals surface area contributed by atoms with E-state index in [2.05, 4.69) is 18.1 Å². The third-order valence-corrected chi connectivity index (χ3v) is 5.07. The fourth-order valence-electron chi connectivity index (χ4n) is 3.24. The summed E-state index contributed by atoms with van der Waals surface area (Å²) in [4.78, 5) is 7.11. The lowest BCUT2D eigenvalue weighted by Crippen LogP contribution is -2.20. The fourth-order valence-corrected chi connectivity index (χ4v) is 3.36. The fraction of sp³-hybridized carbons (Fsp3) is 0.318. The molecule has 4 nitrogen and oxygen atoms in total. The van der Waals surface area contributed by atoms with Crippen molar-refractivity contribution in [2.24, 2.45) is 5.92 Å². The van der Waals surface area contributed by atoms with Gasteiger partial charge < -0.3 is 14.2 Å². The SMILES string of the molecule is CN(Cc1cn(-c2ccc(Cl)cc2)c(COc2ccc(F)cc2)n1)CC1CC1. The highest BCUT2D eigenvalue weighted by Crippen LogP contribution is 2.29. The van der Waals surface area contributed by atoms with E-state index in [1.165, 1.54) is 25.0 Å². The molecule has 0 unspecified atom stereocenters. The minimum atomic E-state index is -0.281. The monoisotopic (exact) mass is 399 g/mol. The van der Waals surface area contributed by atoms with Crippen LogP contribution in [0.5, 0.6) is 5.75 Å². The summed E-state index contributed by atoms with van der Waals surface area (Å²) in [6, 6.07) is 13.7. The number of benzene rings is 2. The van der Waals surface area contributed by atoms with Crippen molar-refractivity contribution in [3.8, 4) is 11.4 Å². The van der Waals surface area contributed by atoms with Crippen molar-refractivity contribution < 1.29 is 9.13 Å². The highest BCUT2D eigenvalue weighted by molar-refractivity contribution is 6.30. The Kier molecular flexibility index (Phi) is 5.64. The van der Waals surface area contributed by atoms with Gasteiger partial charge >= 0.3 is 0 Å². The Morgan fingerprint density at radius 3 is 2.54 bits per heavy atom. The second-order valence-electron chi connectivity index (χ2n) is 7.38. The molecule has 28 heavy (non-hydrogen) atoms. The van der Waals surface area contributed by atoms with E-state index in [1.54, 1.807) is 12.1 Å². The van der Waals surface area contributed by atoms with Gasteiger partial charge in [-0.1, -0.05) is 11.6 Å². The molecule has 0 spiro atoms. The second kappa shape index (κ2) is 8.33. The molecule has 1 fully saturated rings. The molecule has 1 aliphatic carbocycles. The van der Waals surface area contributed by atoms with Crippen molar-refractivity contribution in [3.63, 3.8) is 0 Å². The minimum Gasteiger partial charge on any atom is -0.486 e. The molecule has 3 aromatic rings. The third-order valence-electron chi connectivity index (χ3n) is 4.81. The van der Waals surface area contributed by atoms with Crippen molar-refractivity contribution in [1.82, 2.24) is 14.5 Å². The molecular formula is C22H23ClFN3O. The zero-order valence-corrected chi connectivity index (χ0v) is 16.6. The Hall–Kier alpha value is -2.37. The first-order valence-corrected chi connectivity index (χ1v) is 9.84. The average molecular weight is 400 g/mol. The quantitative estimate of drug-likeness (QED) is 0.528. The number of rotatable bonds is 8. The van der Waals surface area contributed by atoms with E-state index >= 15 is 0 Å². The molecule has 0 N–H and O–H groups in total. The van der Waals surface area contributed by atoms with Gasteiger partial charge in [-0.15, -0.1) is 0 Å². The molecule has 1 saturated carbocycles. The molecule has 0 saturated heterocycles. The summed E-state index contributed by atoms with van der Waals surface area (Å²) in [6.07, 6.45) is 4.72. The number of hydrogen-bond donors (Lipinski definition) is 0. The van der Waals surface area contributed by atoms with E-state index in [4.69, 9.17) is 21.3 Å². The molecule has 6 heteroatoms. The van der Waals surface area contributed by atoms with Gasteiger partial charge in [-0.2, -0.15) is 0 Å². The molecule has 0 bridgehead atoms. The Balaban J connectivity index is 1.54. The highest BCUT2D eigenvalue weighted by atomic mass is 35.5. The van der Waals surface area contributed by atoms with Crippen molar-refractivity contribution in [3.05, 3.63) is 77.1 Å². The molecule has 2 aromatic carbocycles. The smallest absolute Gasteiger partial charge is 0.151 e. The van der Waals surface area contributed by atoms with Gasteiger partial charge in [-0.25, -0.2) is 9.37 Å². The van der Waals surface area contributed by atoms with Crippen LogP contribution in [0.25, 0.3) is 5.69 Å². The van der Waals surface area contributed by atoms with Crippen LogP contribution in [0.2, 0.25) is 5.02 Å². The van der Waals surface area contributed by atoms with Crippen molar-refractivity contribution in [2.45, 2.75) is 26.0 Å². The second-order valence-corrected chi connectivity index (χ2v) is 7.81. The summed E-state index contributed by atoms with van der Waals surface area (Å²) in [5.74, 6) is 1.96. The maximum atomic E-state index is 13.1. The van der Waals surface area contributed by atoms with E-state index < -0.39 is 0 Å². The van der Waals surface area contributed by atoms with Crippen LogP contribution in [0.1, 0.15) is 24.4 Å². The molecule has 1 aromatic heterocycles. The molecule has 146 valence electrons. The van der Waals surface area contributed by atoms with Gasteiger partial charge in [0, 0.05) is 30.0 Å². The van der Waals surface area contributed by atoms with Crippen LogP contribution in [0.15, 0.2) is 54.7 Å². The number of nitrogens with zero attached hydrogens (tertiary/aromatic N) is 3. The topological polar surface area (TPSA) is 30.3 Å². The lowest BCUT2D eigenvalue weighted by atomic mass is 10.3. The average Bonchev–Trinajstić information content (AvgIpc) is 3.40. The van der Waals surface area contributed by atoms with Gasteiger partial charge in [0.15, 0.2) is 5.82 Å². The zero-order valence-electron chi connectivity index (χ0n) is 15.8. The molecule has 0 atom stereocenters. The zero-order chi connectivity index (χ0) is 19.5. The van der Waals surface area contributed by atoms with Crippen molar-refractivity contribution >= 4 is 11.6 Å². The first-order chi connectivity index (χ1) is 13.6. The number of imidazole rings is 1. The lowest BCUT2D eigenvalue weighted by Gasteiger charge is -2.14. The van der Waals surface area contributed by atoms with E-state index in [9.17, 15) is 4.39 Å². The molecule has 0 aliphatic heterocycles. The van der Waals surface area contributed by atoms with E-state index in [1.807, 2.05) is 28.8 Å². The molecular weight excluding hydrogens is 377 g/mol. The van der Waals surface area contributed by atoms with Crippen molar-refractivity contribution in [1.29, 1.82) is 0 Å². The minimum absolute atomic E-state index is 0.281. The first-order valence-electron chi connectivity index (χ1n) is 9.47. The summed E-state index contributed by atoms with van der Waals surface area (Å²) in [5, 5.41) is 0.692.